The molecule has 0 radical (unpaired) electrons. The van der Waals surface area contributed by atoms with Crippen LogP contribution in [0.4, 0.5) is 10.5 Å². The number of carbonyl (C=O) groups is 2. The second-order valence-electron chi connectivity index (χ2n) is 6.62. The number of benzene rings is 3. The highest BCUT2D eigenvalue weighted by Crippen LogP contribution is 2.36. The largest absolute Gasteiger partial charge is 0.346 e. The highest BCUT2D eigenvalue weighted by molar-refractivity contribution is 6.09. The summed E-state index contributed by atoms with van der Waals surface area (Å²) in [6.07, 6.45) is 1.31. The quantitative estimate of drug-likeness (QED) is 0.307. The average molecular weight is 400 g/mol. The number of nitrogens with one attached hydrogen (secondary N) is 1. The fraction of sp³-hybridized carbons (Fsp3) is 0.0455. The molecule has 4 rings (SSSR count). The zero-order chi connectivity index (χ0) is 21.1. The van der Waals surface area contributed by atoms with E-state index >= 15 is 0 Å². The summed E-state index contributed by atoms with van der Waals surface area (Å²) in [6, 6.07) is 22.9. The maximum Gasteiger partial charge on any atom is 0.346 e. The van der Waals surface area contributed by atoms with Crippen LogP contribution in [0.1, 0.15) is 16.7 Å². The number of hydrazone groups is 1. The maximum atomic E-state index is 13.4. The molecular formula is C22H16N4O4. The highest BCUT2D eigenvalue weighted by Gasteiger charge is 2.54. The molecule has 148 valence electrons. The number of rotatable bonds is 5. The number of hydrogen-bond donors (Lipinski definition) is 1. The Kier molecular flexibility index (Phi) is 4.81. The standard InChI is InChI=1S/C22H16N4O4/c27-20-22(17-7-3-1-4-8-17,18-9-5-2-6-10-18)24-21(28)25(20)23-15-16-11-13-19(14-12-16)26(29)30/h1-15H,(H,24,28)/b23-15-. The first-order valence-electron chi connectivity index (χ1n) is 9.08. The van der Waals surface area contributed by atoms with Gasteiger partial charge in [0.25, 0.3) is 11.6 Å². The molecule has 3 aromatic rings. The first-order chi connectivity index (χ1) is 14.5. The number of urea groups is 1. The van der Waals surface area contributed by atoms with Crippen molar-refractivity contribution in [1.82, 2.24) is 10.3 Å². The van der Waals surface area contributed by atoms with Gasteiger partial charge in [-0.05, 0) is 28.8 Å². The van der Waals surface area contributed by atoms with E-state index in [4.69, 9.17) is 0 Å². The van der Waals surface area contributed by atoms with Crippen LogP contribution in [0.3, 0.4) is 0 Å². The molecule has 0 bridgehead atoms. The number of non-ortho nitro benzene ring substituents is 1. The van der Waals surface area contributed by atoms with E-state index in [0.29, 0.717) is 16.7 Å². The number of hydrogen-bond acceptors (Lipinski definition) is 5. The molecule has 3 amide bonds. The molecule has 3 aromatic carbocycles. The van der Waals surface area contributed by atoms with Crippen LogP contribution in [-0.4, -0.2) is 28.1 Å². The smallest absolute Gasteiger partial charge is 0.314 e. The third-order valence-corrected chi connectivity index (χ3v) is 4.84. The van der Waals surface area contributed by atoms with Gasteiger partial charge in [-0.25, -0.2) is 4.79 Å². The van der Waals surface area contributed by atoms with Crippen LogP contribution < -0.4 is 5.32 Å². The third-order valence-electron chi connectivity index (χ3n) is 4.84. The van der Waals surface area contributed by atoms with Gasteiger partial charge in [-0.2, -0.15) is 5.10 Å². The van der Waals surface area contributed by atoms with Gasteiger partial charge in [-0.15, -0.1) is 5.01 Å². The Labute approximate surface area is 171 Å². The van der Waals surface area contributed by atoms with E-state index in [-0.39, 0.29) is 5.69 Å². The molecule has 0 saturated carbocycles. The van der Waals surface area contributed by atoms with Crippen molar-refractivity contribution in [2.75, 3.05) is 0 Å². The van der Waals surface area contributed by atoms with Crippen LogP contribution in [0, 0.1) is 10.1 Å². The van der Waals surface area contributed by atoms with Gasteiger partial charge in [0.1, 0.15) is 0 Å². The molecule has 1 saturated heterocycles. The molecule has 0 aliphatic carbocycles. The number of nitro groups is 1. The Morgan fingerprint density at radius 1 is 0.867 bits per heavy atom. The summed E-state index contributed by atoms with van der Waals surface area (Å²) in [5, 5.41) is 18.4. The Morgan fingerprint density at radius 3 is 1.90 bits per heavy atom. The molecular weight excluding hydrogens is 384 g/mol. The number of amides is 3. The highest BCUT2D eigenvalue weighted by atomic mass is 16.6. The van der Waals surface area contributed by atoms with Crippen molar-refractivity contribution >= 4 is 23.8 Å². The minimum atomic E-state index is -1.40. The summed E-state index contributed by atoms with van der Waals surface area (Å²) in [5.74, 6) is -0.539. The molecule has 30 heavy (non-hydrogen) atoms. The zero-order valence-electron chi connectivity index (χ0n) is 15.6. The second-order valence-corrected chi connectivity index (χ2v) is 6.62. The molecule has 1 fully saturated rings. The predicted molar refractivity (Wildman–Crippen MR) is 110 cm³/mol. The number of nitrogens with zero attached hydrogens (tertiary/aromatic N) is 3. The van der Waals surface area contributed by atoms with E-state index in [0.717, 1.165) is 5.01 Å². The number of imide groups is 1. The minimum Gasteiger partial charge on any atom is -0.314 e. The van der Waals surface area contributed by atoms with Crippen LogP contribution in [-0.2, 0) is 10.3 Å². The lowest BCUT2D eigenvalue weighted by Crippen LogP contribution is -2.44. The first-order valence-corrected chi connectivity index (χ1v) is 9.08. The summed E-state index contributed by atoms with van der Waals surface area (Å²) in [5.41, 5.74) is 0.282. The van der Waals surface area contributed by atoms with Crippen molar-refractivity contribution < 1.29 is 14.5 Å². The third kappa shape index (κ3) is 3.20. The van der Waals surface area contributed by atoms with Gasteiger partial charge < -0.3 is 5.32 Å². The minimum absolute atomic E-state index is 0.0608. The van der Waals surface area contributed by atoms with Crippen molar-refractivity contribution in [2.45, 2.75) is 5.54 Å². The summed E-state index contributed by atoms with van der Waals surface area (Å²) in [7, 11) is 0. The molecule has 0 aromatic heterocycles. The SMILES string of the molecule is O=C1NC(c2ccccc2)(c2ccccc2)C(=O)N1/N=C\c1ccc([N+](=O)[O-])cc1. The fourth-order valence-corrected chi connectivity index (χ4v) is 3.36. The molecule has 1 aliphatic heterocycles. The van der Waals surface area contributed by atoms with Gasteiger partial charge in [0.15, 0.2) is 5.54 Å². The second kappa shape index (κ2) is 7.59. The number of carbonyl (C=O) groups excluding carboxylic acids is 2. The van der Waals surface area contributed by atoms with E-state index < -0.39 is 22.4 Å². The van der Waals surface area contributed by atoms with E-state index in [1.807, 2.05) is 12.1 Å². The van der Waals surface area contributed by atoms with E-state index in [1.165, 1.54) is 30.5 Å². The Hall–Kier alpha value is -4.33. The van der Waals surface area contributed by atoms with Gasteiger partial charge in [0.05, 0.1) is 11.1 Å². The normalized spacial score (nSPS) is 15.4. The molecule has 0 unspecified atom stereocenters. The van der Waals surface area contributed by atoms with E-state index in [1.54, 1.807) is 48.5 Å². The molecule has 8 heteroatoms. The van der Waals surface area contributed by atoms with Crippen LogP contribution in [0.2, 0.25) is 0 Å². The predicted octanol–water partition coefficient (Wildman–Crippen LogP) is 3.42. The topological polar surface area (TPSA) is 105 Å². The Morgan fingerprint density at radius 2 is 1.40 bits per heavy atom. The van der Waals surface area contributed by atoms with Crippen LogP contribution in [0.15, 0.2) is 90.0 Å². The van der Waals surface area contributed by atoms with Crippen LogP contribution in [0.25, 0.3) is 0 Å². The monoisotopic (exact) mass is 400 g/mol. The van der Waals surface area contributed by atoms with Gasteiger partial charge in [-0.1, -0.05) is 60.7 Å². The molecule has 1 N–H and O–H groups in total. The van der Waals surface area contributed by atoms with Crippen molar-refractivity contribution in [3.63, 3.8) is 0 Å². The summed E-state index contributed by atoms with van der Waals surface area (Å²) in [6.45, 7) is 0. The molecule has 1 heterocycles. The lowest BCUT2D eigenvalue weighted by molar-refractivity contribution is -0.384. The van der Waals surface area contributed by atoms with Gasteiger partial charge in [0.2, 0.25) is 0 Å². The Balaban J connectivity index is 1.71. The summed E-state index contributed by atoms with van der Waals surface area (Å²) >= 11 is 0. The van der Waals surface area contributed by atoms with Gasteiger partial charge >= 0.3 is 6.03 Å². The average Bonchev–Trinajstić information content (AvgIpc) is 3.04. The lowest BCUT2D eigenvalue weighted by atomic mass is 9.83. The molecule has 0 atom stereocenters. The molecule has 8 nitrogen and oxygen atoms in total. The van der Waals surface area contributed by atoms with Crippen molar-refractivity contribution in [3.8, 4) is 0 Å². The van der Waals surface area contributed by atoms with Crippen LogP contribution in [0.5, 0.6) is 0 Å². The van der Waals surface area contributed by atoms with E-state index in [2.05, 4.69) is 10.4 Å². The molecule has 0 spiro atoms. The first kappa shape index (κ1) is 19.0. The van der Waals surface area contributed by atoms with Gasteiger partial charge in [-0.3, -0.25) is 14.9 Å². The Bertz CT molecular complexity index is 1090. The zero-order valence-corrected chi connectivity index (χ0v) is 15.6. The van der Waals surface area contributed by atoms with Crippen LogP contribution >= 0.6 is 0 Å². The van der Waals surface area contributed by atoms with E-state index in [9.17, 15) is 19.7 Å². The summed E-state index contributed by atoms with van der Waals surface area (Å²) < 4.78 is 0. The van der Waals surface area contributed by atoms with Gasteiger partial charge in [0, 0.05) is 12.1 Å². The van der Waals surface area contributed by atoms with Crippen molar-refractivity contribution in [3.05, 3.63) is 112 Å². The lowest BCUT2D eigenvalue weighted by Gasteiger charge is -2.27. The number of nitro benzene ring substituents is 1. The van der Waals surface area contributed by atoms with Crippen molar-refractivity contribution in [1.29, 1.82) is 0 Å². The van der Waals surface area contributed by atoms with Crippen molar-refractivity contribution in [2.24, 2.45) is 5.10 Å². The fourth-order valence-electron chi connectivity index (χ4n) is 3.36. The maximum absolute atomic E-state index is 13.4. The molecule has 1 aliphatic rings. The summed E-state index contributed by atoms with van der Waals surface area (Å²) in [4.78, 5) is 36.4.